The zero-order valence-electron chi connectivity index (χ0n) is 11.8. The van der Waals surface area contributed by atoms with Gasteiger partial charge in [0.1, 0.15) is 0 Å². The van der Waals surface area contributed by atoms with Crippen LogP contribution in [0.2, 0.25) is 0 Å². The van der Waals surface area contributed by atoms with Gasteiger partial charge in [0.25, 0.3) is 0 Å². The van der Waals surface area contributed by atoms with Gasteiger partial charge in [0.15, 0.2) is 0 Å². The summed E-state index contributed by atoms with van der Waals surface area (Å²) >= 11 is 0. The highest BCUT2D eigenvalue weighted by Gasteiger charge is 2.09. The van der Waals surface area contributed by atoms with Crippen LogP contribution in [0.3, 0.4) is 0 Å². The van der Waals surface area contributed by atoms with Gasteiger partial charge in [0.2, 0.25) is 5.91 Å². The van der Waals surface area contributed by atoms with E-state index in [9.17, 15) is 4.79 Å². The lowest BCUT2D eigenvalue weighted by Gasteiger charge is -2.26. The fourth-order valence-electron chi connectivity index (χ4n) is 1.98. The molecule has 0 spiro atoms. The van der Waals surface area contributed by atoms with Gasteiger partial charge in [-0.15, -0.1) is 0 Å². The Morgan fingerprint density at radius 1 is 1.12 bits per heavy atom. The lowest BCUT2D eigenvalue weighted by molar-refractivity contribution is -0.121. The van der Waals surface area contributed by atoms with E-state index >= 15 is 0 Å². The molecule has 3 N–H and O–H groups in total. The fraction of sp³-hybridized carbons (Fsp3) is 0.923. The van der Waals surface area contributed by atoms with Crippen molar-refractivity contribution < 1.29 is 4.79 Å². The number of carbonyl (C=O) groups excluding carboxylic acids is 1. The van der Waals surface area contributed by atoms with Crippen molar-refractivity contribution in [1.29, 1.82) is 0 Å². The standard InChI is InChI=1S/C13H29N3O/c1-11(2)9-16(10-12(3)4)8-6-5-7-13(17)15-14/h11-12H,5-10,14H2,1-4H3,(H,15,17). The molecule has 0 saturated heterocycles. The van der Waals surface area contributed by atoms with Crippen molar-refractivity contribution in [3.8, 4) is 0 Å². The summed E-state index contributed by atoms with van der Waals surface area (Å²) in [4.78, 5) is 13.5. The molecule has 0 bridgehead atoms. The summed E-state index contributed by atoms with van der Waals surface area (Å²) in [7, 11) is 0. The molecule has 0 aromatic rings. The van der Waals surface area contributed by atoms with Crippen molar-refractivity contribution in [2.24, 2.45) is 17.7 Å². The molecule has 0 aliphatic carbocycles. The van der Waals surface area contributed by atoms with E-state index in [1.54, 1.807) is 0 Å². The zero-order chi connectivity index (χ0) is 13.3. The first-order valence-corrected chi connectivity index (χ1v) is 6.67. The summed E-state index contributed by atoms with van der Waals surface area (Å²) in [5, 5.41) is 0. The molecule has 0 atom stereocenters. The number of hydrazine groups is 1. The van der Waals surface area contributed by atoms with E-state index in [2.05, 4.69) is 38.0 Å². The van der Waals surface area contributed by atoms with Crippen LogP contribution in [0.15, 0.2) is 0 Å². The summed E-state index contributed by atoms with van der Waals surface area (Å²) in [5.74, 6) is 6.36. The minimum atomic E-state index is -0.0655. The van der Waals surface area contributed by atoms with E-state index in [-0.39, 0.29) is 5.91 Å². The Balaban J connectivity index is 3.79. The first kappa shape index (κ1) is 16.4. The van der Waals surface area contributed by atoms with Gasteiger partial charge in [-0.2, -0.15) is 0 Å². The van der Waals surface area contributed by atoms with Gasteiger partial charge in [0, 0.05) is 19.5 Å². The van der Waals surface area contributed by atoms with Crippen molar-refractivity contribution >= 4 is 5.91 Å². The highest BCUT2D eigenvalue weighted by molar-refractivity contribution is 5.75. The van der Waals surface area contributed by atoms with Gasteiger partial charge in [0.05, 0.1) is 0 Å². The molecule has 0 rings (SSSR count). The molecule has 4 nitrogen and oxygen atoms in total. The third kappa shape index (κ3) is 10.3. The monoisotopic (exact) mass is 243 g/mol. The van der Waals surface area contributed by atoms with Crippen molar-refractivity contribution in [3.05, 3.63) is 0 Å². The number of unbranched alkanes of at least 4 members (excludes halogenated alkanes) is 1. The Bertz CT molecular complexity index is 195. The van der Waals surface area contributed by atoms with Crippen LogP contribution in [0.1, 0.15) is 47.0 Å². The number of carbonyl (C=O) groups is 1. The molecule has 0 heterocycles. The second-order valence-electron chi connectivity index (χ2n) is 5.57. The Kier molecular flexibility index (Phi) is 9.09. The quantitative estimate of drug-likeness (QED) is 0.281. The number of hydrogen-bond donors (Lipinski definition) is 2. The zero-order valence-corrected chi connectivity index (χ0v) is 11.8. The maximum Gasteiger partial charge on any atom is 0.233 e. The number of rotatable bonds is 9. The predicted octanol–water partition coefficient (Wildman–Crippen LogP) is 1.76. The van der Waals surface area contributed by atoms with Gasteiger partial charge in [-0.3, -0.25) is 10.2 Å². The average molecular weight is 243 g/mol. The van der Waals surface area contributed by atoms with E-state index in [1.807, 2.05) is 0 Å². The van der Waals surface area contributed by atoms with Crippen LogP contribution in [-0.2, 0) is 4.79 Å². The van der Waals surface area contributed by atoms with Crippen molar-refractivity contribution in [2.45, 2.75) is 47.0 Å². The van der Waals surface area contributed by atoms with E-state index in [0.717, 1.165) is 32.5 Å². The predicted molar refractivity (Wildman–Crippen MR) is 72.3 cm³/mol. The third-order valence-corrected chi connectivity index (χ3v) is 2.54. The summed E-state index contributed by atoms with van der Waals surface area (Å²) < 4.78 is 0. The fourth-order valence-corrected chi connectivity index (χ4v) is 1.98. The molecule has 17 heavy (non-hydrogen) atoms. The average Bonchev–Trinajstić information content (AvgIpc) is 2.22. The Morgan fingerprint density at radius 3 is 2.06 bits per heavy atom. The maximum atomic E-state index is 11.0. The number of hydrogen-bond acceptors (Lipinski definition) is 3. The Morgan fingerprint density at radius 2 is 1.65 bits per heavy atom. The number of nitrogens with two attached hydrogens (primary N) is 1. The Labute approximate surface area is 106 Å². The summed E-state index contributed by atoms with van der Waals surface area (Å²) in [5.41, 5.74) is 2.16. The summed E-state index contributed by atoms with van der Waals surface area (Å²) in [6, 6.07) is 0. The molecule has 102 valence electrons. The molecular weight excluding hydrogens is 214 g/mol. The number of amides is 1. The van der Waals surface area contributed by atoms with Gasteiger partial charge >= 0.3 is 0 Å². The van der Waals surface area contributed by atoms with E-state index in [0.29, 0.717) is 18.3 Å². The highest BCUT2D eigenvalue weighted by Crippen LogP contribution is 2.06. The topological polar surface area (TPSA) is 58.4 Å². The summed E-state index contributed by atoms with van der Waals surface area (Å²) in [6.07, 6.45) is 2.51. The van der Waals surface area contributed by atoms with Gasteiger partial charge in [-0.1, -0.05) is 27.7 Å². The molecule has 0 radical (unpaired) electrons. The Hall–Kier alpha value is -0.610. The molecule has 0 aromatic heterocycles. The molecule has 0 aliphatic rings. The first-order valence-electron chi connectivity index (χ1n) is 6.67. The van der Waals surface area contributed by atoms with Crippen molar-refractivity contribution in [3.63, 3.8) is 0 Å². The molecule has 1 amide bonds. The van der Waals surface area contributed by atoms with Crippen LogP contribution in [0.4, 0.5) is 0 Å². The highest BCUT2D eigenvalue weighted by atomic mass is 16.2. The van der Waals surface area contributed by atoms with Crippen molar-refractivity contribution in [2.75, 3.05) is 19.6 Å². The molecule has 0 saturated carbocycles. The molecule has 4 heteroatoms. The van der Waals surface area contributed by atoms with Crippen LogP contribution in [0.5, 0.6) is 0 Å². The smallest absolute Gasteiger partial charge is 0.233 e. The minimum Gasteiger partial charge on any atom is -0.303 e. The minimum absolute atomic E-state index is 0.0655. The first-order chi connectivity index (χ1) is 7.95. The summed E-state index contributed by atoms with van der Waals surface area (Å²) in [6.45, 7) is 12.3. The lowest BCUT2D eigenvalue weighted by Crippen LogP contribution is -2.33. The van der Waals surface area contributed by atoms with E-state index in [1.165, 1.54) is 0 Å². The molecule has 0 aromatic carbocycles. The van der Waals surface area contributed by atoms with Crippen LogP contribution in [0, 0.1) is 11.8 Å². The molecule has 0 fully saturated rings. The van der Waals surface area contributed by atoms with Crippen LogP contribution in [0.25, 0.3) is 0 Å². The normalized spacial score (nSPS) is 11.5. The van der Waals surface area contributed by atoms with Crippen LogP contribution in [-0.4, -0.2) is 30.4 Å². The number of nitrogens with one attached hydrogen (secondary N) is 1. The van der Waals surface area contributed by atoms with Crippen LogP contribution >= 0.6 is 0 Å². The number of nitrogens with zero attached hydrogens (tertiary/aromatic N) is 1. The van der Waals surface area contributed by atoms with Gasteiger partial charge < -0.3 is 4.90 Å². The maximum absolute atomic E-state index is 11.0. The van der Waals surface area contributed by atoms with E-state index in [4.69, 9.17) is 5.84 Å². The van der Waals surface area contributed by atoms with Crippen molar-refractivity contribution in [1.82, 2.24) is 10.3 Å². The van der Waals surface area contributed by atoms with Crippen LogP contribution < -0.4 is 11.3 Å². The molecular formula is C13H29N3O. The SMILES string of the molecule is CC(C)CN(CCCCC(=O)NN)CC(C)C. The molecule has 0 aliphatic heterocycles. The lowest BCUT2D eigenvalue weighted by atomic mass is 10.1. The largest absolute Gasteiger partial charge is 0.303 e. The molecule has 0 unspecified atom stereocenters. The van der Waals surface area contributed by atoms with E-state index < -0.39 is 0 Å². The van der Waals surface area contributed by atoms with Gasteiger partial charge in [-0.25, -0.2) is 5.84 Å². The van der Waals surface area contributed by atoms with Gasteiger partial charge in [-0.05, 0) is 31.2 Å². The second kappa shape index (κ2) is 9.42. The second-order valence-corrected chi connectivity index (χ2v) is 5.57. The third-order valence-electron chi connectivity index (χ3n) is 2.54.